The van der Waals surface area contributed by atoms with Gasteiger partial charge in [0.25, 0.3) is 0 Å². The molecule has 1 fully saturated rings. The monoisotopic (exact) mass is 227 g/mol. The van der Waals surface area contributed by atoms with Crippen molar-refractivity contribution >= 4 is 5.91 Å². The van der Waals surface area contributed by atoms with Gasteiger partial charge in [0.05, 0.1) is 0 Å². The normalized spacial score (nSPS) is 19.9. The zero-order valence-electron chi connectivity index (χ0n) is 10.8. The molecule has 1 heterocycles. The van der Waals surface area contributed by atoms with Crippen LogP contribution in [0.5, 0.6) is 0 Å². The maximum absolute atomic E-state index is 11.0. The van der Waals surface area contributed by atoms with Gasteiger partial charge in [0, 0.05) is 24.5 Å². The molecule has 0 aromatic carbocycles. The number of nitrogens with two attached hydrogens (primary N) is 1. The van der Waals surface area contributed by atoms with E-state index in [-0.39, 0.29) is 17.4 Å². The van der Waals surface area contributed by atoms with E-state index in [0.717, 1.165) is 39.0 Å². The lowest BCUT2D eigenvalue weighted by Crippen LogP contribution is -2.44. The minimum atomic E-state index is -0.132. The number of amides is 1. The van der Waals surface area contributed by atoms with Gasteiger partial charge in [-0.1, -0.05) is 0 Å². The van der Waals surface area contributed by atoms with E-state index >= 15 is 0 Å². The summed E-state index contributed by atoms with van der Waals surface area (Å²) in [7, 11) is 0. The Morgan fingerprint density at radius 2 is 1.94 bits per heavy atom. The van der Waals surface area contributed by atoms with Crippen LogP contribution in [0.1, 0.15) is 33.6 Å². The highest BCUT2D eigenvalue weighted by Crippen LogP contribution is 2.15. The van der Waals surface area contributed by atoms with Crippen LogP contribution < -0.4 is 11.1 Å². The van der Waals surface area contributed by atoms with Crippen molar-refractivity contribution in [2.45, 2.75) is 39.2 Å². The Kier molecular flexibility index (Phi) is 4.74. The summed E-state index contributed by atoms with van der Waals surface area (Å²) in [5.74, 6) is -0.0284. The third kappa shape index (κ3) is 4.94. The highest BCUT2D eigenvalue weighted by molar-refractivity contribution is 5.76. The van der Waals surface area contributed by atoms with Crippen LogP contribution in [0.2, 0.25) is 0 Å². The van der Waals surface area contributed by atoms with Crippen molar-refractivity contribution in [1.82, 2.24) is 10.2 Å². The molecule has 1 aliphatic rings. The fourth-order valence-electron chi connectivity index (χ4n) is 2.03. The molecule has 0 radical (unpaired) electrons. The Labute approximate surface area is 98.6 Å². The van der Waals surface area contributed by atoms with Gasteiger partial charge >= 0.3 is 0 Å². The van der Waals surface area contributed by atoms with Gasteiger partial charge in [0.1, 0.15) is 0 Å². The molecule has 0 atom stereocenters. The zero-order valence-corrected chi connectivity index (χ0v) is 10.8. The average molecular weight is 227 g/mol. The van der Waals surface area contributed by atoms with Gasteiger partial charge in [-0.15, -0.1) is 0 Å². The van der Waals surface area contributed by atoms with Gasteiger partial charge in [-0.25, -0.2) is 0 Å². The predicted octanol–water partition coefficient (Wildman–Crippen LogP) is 0.572. The lowest BCUT2D eigenvalue weighted by Gasteiger charge is -2.31. The van der Waals surface area contributed by atoms with E-state index in [1.54, 1.807) is 0 Å². The topological polar surface area (TPSA) is 58.4 Å². The minimum Gasteiger partial charge on any atom is -0.369 e. The van der Waals surface area contributed by atoms with Crippen LogP contribution in [-0.4, -0.2) is 42.5 Å². The number of carbonyl (C=O) groups is 1. The summed E-state index contributed by atoms with van der Waals surface area (Å²) in [6, 6.07) is 0. The lowest BCUT2D eigenvalue weighted by atomic mass is 9.96. The van der Waals surface area contributed by atoms with Crippen molar-refractivity contribution in [2.24, 2.45) is 11.7 Å². The molecule has 4 heteroatoms. The van der Waals surface area contributed by atoms with Gasteiger partial charge < -0.3 is 16.0 Å². The van der Waals surface area contributed by atoms with Crippen molar-refractivity contribution in [3.8, 4) is 0 Å². The predicted molar refractivity (Wildman–Crippen MR) is 66.1 cm³/mol. The van der Waals surface area contributed by atoms with Gasteiger partial charge in [-0.05, 0) is 46.7 Å². The van der Waals surface area contributed by atoms with Crippen LogP contribution in [0.3, 0.4) is 0 Å². The molecule has 94 valence electrons. The molecule has 0 aliphatic carbocycles. The first-order chi connectivity index (χ1) is 7.38. The highest BCUT2D eigenvalue weighted by atomic mass is 16.1. The Morgan fingerprint density at radius 1 is 1.38 bits per heavy atom. The highest BCUT2D eigenvalue weighted by Gasteiger charge is 2.22. The van der Waals surface area contributed by atoms with Crippen molar-refractivity contribution in [3.05, 3.63) is 0 Å². The number of nitrogens with zero attached hydrogens (tertiary/aromatic N) is 1. The average Bonchev–Trinajstić information content (AvgIpc) is 2.16. The summed E-state index contributed by atoms with van der Waals surface area (Å²) in [4.78, 5) is 13.4. The summed E-state index contributed by atoms with van der Waals surface area (Å²) in [5.41, 5.74) is 5.49. The van der Waals surface area contributed by atoms with E-state index in [2.05, 4.69) is 31.0 Å². The number of rotatable bonds is 4. The van der Waals surface area contributed by atoms with Gasteiger partial charge in [-0.2, -0.15) is 0 Å². The maximum atomic E-state index is 11.0. The van der Waals surface area contributed by atoms with Gasteiger partial charge in [-0.3, -0.25) is 4.79 Å². The first-order valence-electron chi connectivity index (χ1n) is 6.15. The summed E-state index contributed by atoms with van der Waals surface area (Å²) >= 11 is 0. The second-order valence-corrected chi connectivity index (χ2v) is 5.70. The fourth-order valence-corrected chi connectivity index (χ4v) is 2.03. The largest absolute Gasteiger partial charge is 0.369 e. The summed E-state index contributed by atoms with van der Waals surface area (Å²) in [6.45, 7) is 10.6. The molecule has 1 saturated heterocycles. The lowest BCUT2D eigenvalue weighted by molar-refractivity contribution is -0.123. The quantitative estimate of drug-likeness (QED) is 0.738. The SMILES string of the molecule is CC(C)(C)NCCN1CCC(C(N)=O)CC1. The van der Waals surface area contributed by atoms with E-state index in [1.165, 1.54) is 0 Å². The van der Waals surface area contributed by atoms with Crippen LogP contribution >= 0.6 is 0 Å². The Bertz CT molecular complexity index is 227. The summed E-state index contributed by atoms with van der Waals surface area (Å²) < 4.78 is 0. The second-order valence-electron chi connectivity index (χ2n) is 5.70. The molecular weight excluding hydrogens is 202 g/mol. The van der Waals surface area contributed by atoms with E-state index in [4.69, 9.17) is 5.73 Å². The molecule has 0 saturated carbocycles. The molecule has 0 aromatic rings. The Morgan fingerprint density at radius 3 is 2.38 bits per heavy atom. The van der Waals surface area contributed by atoms with Crippen LogP contribution in [0, 0.1) is 5.92 Å². The van der Waals surface area contributed by atoms with Gasteiger partial charge in [0.15, 0.2) is 0 Å². The molecule has 3 N–H and O–H groups in total. The standard InChI is InChI=1S/C12H25N3O/c1-12(2,3)14-6-9-15-7-4-10(5-8-15)11(13)16/h10,14H,4-9H2,1-3H3,(H2,13,16). The molecule has 16 heavy (non-hydrogen) atoms. The van der Waals surface area contributed by atoms with Crippen LogP contribution in [0.4, 0.5) is 0 Å². The van der Waals surface area contributed by atoms with Crippen molar-refractivity contribution in [3.63, 3.8) is 0 Å². The molecule has 1 rings (SSSR count). The molecule has 4 nitrogen and oxygen atoms in total. The molecule has 1 amide bonds. The van der Waals surface area contributed by atoms with Gasteiger partial charge in [0.2, 0.25) is 5.91 Å². The third-order valence-electron chi connectivity index (χ3n) is 3.07. The van der Waals surface area contributed by atoms with Crippen LogP contribution in [0.25, 0.3) is 0 Å². The molecule has 0 aromatic heterocycles. The van der Waals surface area contributed by atoms with Crippen LogP contribution in [-0.2, 0) is 4.79 Å². The van der Waals surface area contributed by atoms with E-state index in [9.17, 15) is 4.79 Å². The Balaban J connectivity index is 2.15. The molecule has 1 aliphatic heterocycles. The van der Waals surface area contributed by atoms with Crippen molar-refractivity contribution in [1.29, 1.82) is 0 Å². The number of hydrogen-bond acceptors (Lipinski definition) is 3. The molecule has 0 unspecified atom stereocenters. The maximum Gasteiger partial charge on any atom is 0.220 e. The van der Waals surface area contributed by atoms with Crippen LogP contribution in [0.15, 0.2) is 0 Å². The first-order valence-corrected chi connectivity index (χ1v) is 6.15. The number of primary amides is 1. The number of nitrogens with one attached hydrogen (secondary N) is 1. The summed E-state index contributed by atoms with van der Waals surface area (Å²) in [5, 5.41) is 3.47. The number of likely N-dealkylation sites (tertiary alicyclic amines) is 1. The second kappa shape index (κ2) is 5.64. The van der Waals surface area contributed by atoms with Crippen molar-refractivity contribution < 1.29 is 4.79 Å². The minimum absolute atomic E-state index is 0.104. The first kappa shape index (κ1) is 13.5. The number of carbonyl (C=O) groups excluding carboxylic acids is 1. The molecular formula is C12H25N3O. The van der Waals surface area contributed by atoms with E-state index in [0.29, 0.717) is 0 Å². The summed E-state index contributed by atoms with van der Waals surface area (Å²) in [6.07, 6.45) is 1.84. The fraction of sp³-hybridized carbons (Fsp3) is 0.917. The third-order valence-corrected chi connectivity index (χ3v) is 3.07. The van der Waals surface area contributed by atoms with E-state index < -0.39 is 0 Å². The Hall–Kier alpha value is -0.610. The van der Waals surface area contributed by atoms with E-state index in [1.807, 2.05) is 0 Å². The zero-order chi connectivity index (χ0) is 12.2. The smallest absolute Gasteiger partial charge is 0.220 e. The molecule has 0 spiro atoms. The molecule has 0 bridgehead atoms. The number of piperidine rings is 1. The number of hydrogen-bond donors (Lipinski definition) is 2. The van der Waals surface area contributed by atoms with Crippen molar-refractivity contribution in [2.75, 3.05) is 26.2 Å².